The molecule has 130 valence electrons. The van der Waals surface area contributed by atoms with Crippen LogP contribution in [0.5, 0.6) is 0 Å². The summed E-state index contributed by atoms with van der Waals surface area (Å²) in [6.45, 7) is 0. The van der Waals surface area contributed by atoms with Gasteiger partial charge in [0.1, 0.15) is 12.3 Å². The van der Waals surface area contributed by atoms with Gasteiger partial charge in [-0.2, -0.15) is 0 Å². The minimum atomic E-state index is -0.0992. The molecule has 4 rings (SSSR count). The van der Waals surface area contributed by atoms with E-state index in [0.29, 0.717) is 10.2 Å². The molecule has 0 saturated carbocycles. The largest absolute Gasteiger partial charge is 0.336 e. The molecule has 2 fully saturated rings. The van der Waals surface area contributed by atoms with Crippen LogP contribution in [0.3, 0.4) is 0 Å². The fourth-order valence-electron chi connectivity index (χ4n) is 3.02. The number of hydrogen-bond acceptors (Lipinski definition) is 2. The molecule has 2 aromatic rings. The summed E-state index contributed by atoms with van der Waals surface area (Å²) in [5.74, 6) is 0. The standard InChI is InChI=1S/C20H18N4S2/c25-19-21-17(13-11-15-7-3-1-4-8-15)23-20(26)22-18(24(19)23)14-12-16-9-5-2-6-10-16/h1-14,17-18H,(H,21,25)(H,22,26)/b13-11-,14-12+/t17-,18+/m1/s1. The van der Waals surface area contributed by atoms with Crippen molar-refractivity contribution in [3.8, 4) is 0 Å². The van der Waals surface area contributed by atoms with Crippen LogP contribution in [-0.4, -0.2) is 32.6 Å². The lowest BCUT2D eigenvalue weighted by molar-refractivity contribution is 0.152. The highest BCUT2D eigenvalue weighted by molar-refractivity contribution is 7.80. The molecular formula is C20H18N4S2. The predicted octanol–water partition coefficient (Wildman–Crippen LogP) is 3.36. The third kappa shape index (κ3) is 3.34. The number of hydrogen-bond donors (Lipinski definition) is 2. The molecule has 6 heteroatoms. The fourth-order valence-corrected chi connectivity index (χ4v) is 3.66. The molecule has 2 aliphatic heterocycles. The Kier molecular flexibility index (Phi) is 4.69. The second-order valence-electron chi connectivity index (χ2n) is 6.02. The predicted molar refractivity (Wildman–Crippen MR) is 114 cm³/mol. The Morgan fingerprint density at radius 3 is 1.42 bits per heavy atom. The van der Waals surface area contributed by atoms with Crippen molar-refractivity contribution in [2.75, 3.05) is 0 Å². The first-order chi connectivity index (χ1) is 12.7. The summed E-state index contributed by atoms with van der Waals surface area (Å²) in [5, 5.41) is 11.9. The average molecular weight is 379 g/mol. The Morgan fingerprint density at radius 1 is 0.654 bits per heavy atom. The molecule has 0 radical (unpaired) electrons. The summed E-state index contributed by atoms with van der Waals surface area (Å²) in [5.41, 5.74) is 2.27. The average Bonchev–Trinajstić information content (AvgIpc) is 3.18. The third-order valence-electron chi connectivity index (χ3n) is 4.26. The van der Waals surface area contributed by atoms with E-state index >= 15 is 0 Å². The number of nitrogens with zero attached hydrogens (tertiary/aromatic N) is 2. The van der Waals surface area contributed by atoms with Gasteiger partial charge in [-0.3, -0.25) is 0 Å². The number of rotatable bonds is 4. The van der Waals surface area contributed by atoms with Crippen LogP contribution in [0.1, 0.15) is 11.1 Å². The van der Waals surface area contributed by atoms with Gasteiger partial charge >= 0.3 is 0 Å². The van der Waals surface area contributed by atoms with Crippen molar-refractivity contribution in [2.24, 2.45) is 0 Å². The molecule has 0 spiro atoms. The Morgan fingerprint density at radius 2 is 1.04 bits per heavy atom. The number of fused-ring (bicyclic) bond motifs is 1. The van der Waals surface area contributed by atoms with Gasteiger partial charge in [0, 0.05) is 0 Å². The van der Waals surface area contributed by atoms with Gasteiger partial charge in [0.15, 0.2) is 10.2 Å². The molecular weight excluding hydrogens is 360 g/mol. The van der Waals surface area contributed by atoms with Crippen LogP contribution in [0, 0.1) is 0 Å². The highest BCUT2D eigenvalue weighted by atomic mass is 32.1. The van der Waals surface area contributed by atoms with Crippen LogP contribution in [0.25, 0.3) is 12.2 Å². The highest BCUT2D eigenvalue weighted by Gasteiger charge is 2.44. The summed E-state index contributed by atoms with van der Waals surface area (Å²) >= 11 is 11.1. The van der Waals surface area contributed by atoms with E-state index in [-0.39, 0.29) is 12.3 Å². The van der Waals surface area contributed by atoms with Crippen molar-refractivity contribution in [2.45, 2.75) is 12.3 Å². The topological polar surface area (TPSA) is 30.5 Å². The van der Waals surface area contributed by atoms with Crippen LogP contribution in [0.4, 0.5) is 0 Å². The van der Waals surface area contributed by atoms with E-state index in [0.717, 1.165) is 11.1 Å². The van der Waals surface area contributed by atoms with Crippen molar-refractivity contribution in [3.63, 3.8) is 0 Å². The molecule has 2 aromatic carbocycles. The molecule has 0 aliphatic carbocycles. The van der Waals surface area contributed by atoms with Gasteiger partial charge in [0.2, 0.25) is 0 Å². The number of benzene rings is 2. The lowest BCUT2D eigenvalue weighted by Crippen LogP contribution is -2.40. The molecule has 0 unspecified atom stereocenters. The zero-order chi connectivity index (χ0) is 17.9. The second kappa shape index (κ2) is 7.27. The SMILES string of the molecule is S=C1N[C@H](/C=C/c2ccccc2)N2C(=S)N[C@@H](/C=C\c3ccccc3)N12. The first kappa shape index (κ1) is 16.8. The third-order valence-corrected chi connectivity index (χ3v) is 4.87. The van der Waals surface area contributed by atoms with E-state index in [4.69, 9.17) is 24.4 Å². The molecule has 2 N–H and O–H groups in total. The molecule has 2 heterocycles. The quantitative estimate of drug-likeness (QED) is 0.794. The van der Waals surface area contributed by atoms with Gasteiger partial charge in [0.25, 0.3) is 0 Å². The van der Waals surface area contributed by atoms with Gasteiger partial charge < -0.3 is 10.6 Å². The molecule has 2 saturated heterocycles. The van der Waals surface area contributed by atoms with Crippen molar-refractivity contribution < 1.29 is 0 Å². The molecule has 2 aliphatic rings. The summed E-state index contributed by atoms with van der Waals surface area (Å²) < 4.78 is 0. The summed E-state index contributed by atoms with van der Waals surface area (Å²) in [7, 11) is 0. The van der Waals surface area contributed by atoms with Gasteiger partial charge in [-0.25, -0.2) is 10.0 Å². The Hall–Kier alpha value is -2.70. The van der Waals surface area contributed by atoms with Crippen molar-refractivity contribution >= 4 is 46.8 Å². The molecule has 2 atom stereocenters. The Balaban J connectivity index is 1.52. The molecule has 0 bridgehead atoms. The van der Waals surface area contributed by atoms with E-state index in [1.54, 1.807) is 0 Å². The Bertz CT molecular complexity index is 790. The van der Waals surface area contributed by atoms with Crippen LogP contribution < -0.4 is 10.6 Å². The Labute approximate surface area is 163 Å². The van der Waals surface area contributed by atoms with Gasteiger partial charge in [0.05, 0.1) is 0 Å². The van der Waals surface area contributed by atoms with E-state index in [1.807, 2.05) is 46.4 Å². The first-order valence-electron chi connectivity index (χ1n) is 8.38. The molecule has 0 amide bonds. The normalized spacial score (nSPS) is 22.2. The smallest absolute Gasteiger partial charge is 0.192 e. The molecule has 4 nitrogen and oxygen atoms in total. The van der Waals surface area contributed by atoms with Crippen LogP contribution in [-0.2, 0) is 0 Å². The second-order valence-corrected chi connectivity index (χ2v) is 6.79. The summed E-state index contributed by atoms with van der Waals surface area (Å²) in [6.07, 6.45) is 8.08. The van der Waals surface area contributed by atoms with E-state index in [1.165, 1.54) is 0 Å². The first-order valence-corrected chi connectivity index (χ1v) is 9.20. The zero-order valence-corrected chi connectivity index (χ0v) is 15.6. The maximum atomic E-state index is 5.53. The van der Waals surface area contributed by atoms with E-state index in [9.17, 15) is 0 Å². The molecule has 0 aromatic heterocycles. The maximum absolute atomic E-state index is 5.53. The van der Waals surface area contributed by atoms with Crippen LogP contribution >= 0.6 is 24.4 Å². The van der Waals surface area contributed by atoms with E-state index < -0.39 is 0 Å². The van der Waals surface area contributed by atoms with Gasteiger partial charge in [-0.15, -0.1) is 0 Å². The minimum absolute atomic E-state index is 0.0992. The highest BCUT2D eigenvalue weighted by Crippen LogP contribution is 2.23. The number of thiocarbonyl (C=S) groups is 2. The zero-order valence-electron chi connectivity index (χ0n) is 13.9. The van der Waals surface area contributed by atoms with Crippen molar-refractivity contribution in [3.05, 3.63) is 83.9 Å². The van der Waals surface area contributed by atoms with E-state index in [2.05, 4.69) is 59.2 Å². The van der Waals surface area contributed by atoms with Crippen LogP contribution in [0.2, 0.25) is 0 Å². The number of nitrogens with one attached hydrogen (secondary N) is 2. The van der Waals surface area contributed by atoms with Crippen molar-refractivity contribution in [1.82, 2.24) is 20.7 Å². The van der Waals surface area contributed by atoms with Gasteiger partial charge in [-0.1, -0.05) is 72.8 Å². The van der Waals surface area contributed by atoms with Crippen molar-refractivity contribution in [1.29, 1.82) is 0 Å². The lowest BCUT2D eigenvalue weighted by atomic mass is 10.2. The monoisotopic (exact) mass is 378 g/mol. The van der Waals surface area contributed by atoms with Crippen LogP contribution in [0.15, 0.2) is 72.8 Å². The fraction of sp³-hybridized carbons (Fsp3) is 0.100. The summed E-state index contributed by atoms with van der Waals surface area (Å²) in [4.78, 5) is 0. The molecule has 26 heavy (non-hydrogen) atoms. The number of hydrazine groups is 1. The lowest BCUT2D eigenvalue weighted by Gasteiger charge is -2.23. The summed E-state index contributed by atoms with van der Waals surface area (Å²) in [6, 6.07) is 20.3. The maximum Gasteiger partial charge on any atom is 0.192 e. The van der Waals surface area contributed by atoms with Gasteiger partial charge in [-0.05, 0) is 47.7 Å². The minimum Gasteiger partial charge on any atom is -0.336 e.